The van der Waals surface area contributed by atoms with Gasteiger partial charge >= 0.3 is 39.5 Å². The average molecular weight is 1560 g/mol. The van der Waals surface area contributed by atoms with E-state index in [-0.39, 0.29) is 25.7 Å². The van der Waals surface area contributed by atoms with Crippen LogP contribution in [0.2, 0.25) is 0 Å². The number of rotatable bonds is 89. The third-order valence-electron chi connectivity index (χ3n) is 20.9. The number of unbranched alkanes of at least 4 members (excludes halogenated alkanes) is 63. The van der Waals surface area contributed by atoms with E-state index in [1.807, 2.05) is 0 Å². The summed E-state index contributed by atoms with van der Waals surface area (Å²) in [5.41, 5.74) is 0. The van der Waals surface area contributed by atoms with Gasteiger partial charge < -0.3 is 33.8 Å². The molecule has 0 aromatic heterocycles. The topological polar surface area (TPSA) is 237 Å². The van der Waals surface area contributed by atoms with Crippen LogP contribution in [0.3, 0.4) is 0 Å². The van der Waals surface area contributed by atoms with E-state index in [1.54, 1.807) is 0 Å². The predicted molar refractivity (Wildman–Crippen MR) is 442 cm³/mol. The van der Waals surface area contributed by atoms with Gasteiger partial charge in [-0.2, -0.15) is 0 Å². The summed E-state index contributed by atoms with van der Waals surface area (Å²) in [5.74, 6) is -2.10. The quantitative estimate of drug-likeness (QED) is 0.0222. The van der Waals surface area contributed by atoms with Gasteiger partial charge in [0.2, 0.25) is 0 Å². The molecule has 0 aliphatic heterocycles. The van der Waals surface area contributed by atoms with E-state index in [0.717, 1.165) is 89.9 Å². The van der Waals surface area contributed by atoms with Crippen LogP contribution in [0.4, 0.5) is 0 Å². The smallest absolute Gasteiger partial charge is 0.462 e. The number of phosphoric acid groups is 2. The van der Waals surface area contributed by atoms with Crippen LogP contribution in [0.1, 0.15) is 484 Å². The zero-order valence-electron chi connectivity index (χ0n) is 70.1. The lowest BCUT2D eigenvalue weighted by molar-refractivity contribution is -0.161. The lowest BCUT2D eigenvalue weighted by atomic mass is 10.0. The Hall–Kier alpha value is -1.94. The third-order valence-corrected chi connectivity index (χ3v) is 22.8. The Balaban J connectivity index is 5.20. The van der Waals surface area contributed by atoms with Gasteiger partial charge in [-0.25, -0.2) is 9.13 Å². The van der Waals surface area contributed by atoms with Crippen LogP contribution < -0.4 is 0 Å². The lowest BCUT2D eigenvalue weighted by Gasteiger charge is -2.21. The number of carbonyl (C=O) groups is 4. The maximum atomic E-state index is 13.2. The number of esters is 4. The van der Waals surface area contributed by atoms with E-state index in [4.69, 9.17) is 37.0 Å². The molecule has 0 saturated heterocycles. The molecule has 0 aromatic rings. The normalized spacial score (nSPS) is 13.7. The maximum Gasteiger partial charge on any atom is 0.472 e. The van der Waals surface area contributed by atoms with E-state index < -0.39 is 97.5 Å². The van der Waals surface area contributed by atoms with Crippen molar-refractivity contribution in [2.45, 2.75) is 502 Å². The molecule has 0 aliphatic carbocycles. The summed E-state index contributed by atoms with van der Waals surface area (Å²) in [6.07, 6.45) is 77.9. The van der Waals surface area contributed by atoms with Crippen molar-refractivity contribution in [3.63, 3.8) is 0 Å². The van der Waals surface area contributed by atoms with Gasteiger partial charge in [-0.05, 0) is 25.7 Å². The van der Waals surface area contributed by atoms with E-state index >= 15 is 0 Å². The van der Waals surface area contributed by atoms with Gasteiger partial charge in [0, 0.05) is 25.7 Å². The molecular weight excluding hydrogens is 1390 g/mol. The van der Waals surface area contributed by atoms with Crippen LogP contribution in [0.15, 0.2) is 0 Å². The first-order valence-electron chi connectivity index (χ1n) is 45.8. The van der Waals surface area contributed by atoms with Crippen molar-refractivity contribution in [1.29, 1.82) is 0 Å². The predicted octanol–water partition coefficient (Wildman–Crippen LogP) is 27.3. The van der Waals surface area contributed by atoms with Crippen molar-refractivity contribution in [3.8, 4) is 0 Å². The Morgan fingerprint density at radius 1 is 0.224 bits per heavy atom. The molecule has 0 saturated carbocycles. The Bertz CT molecular complexity index is 2020. The van der Waals surface area contributed by atoms with Gasteiger partial charge in [-0.15, -0.1) is 0 Å². The van der Waals surface area contributed by atoms with Crippen LogP contribution in [-0.2, 0) is 65.4 Å². The molecule has 0 amide bonds. The minimum atomic E-state index is -4.97. The van der Waals surface area contributed by atoms with Gasteiger partial charge in [0.25, 0.3) is 0 Å². The lowest BCUT2D eigenvalue weighted by Crippen LogP contribution is -2.30. The van der Waals surface area contributed by atoms with E-state index in [0.29, 0.717) is 25.7 Å². The molecule has 0 rings (SSSR count). The molecule has 0 spiro atoms. The Kier molecular flexibility index (Phi) is 80.6. The van der Waals surface area contributed by atoms with Crippen molar-refractivity contribution in [1.82, 2.24) is 0 Å². The van der Waals surface area contributed by atoms with Crippen molar-refractivity contribution in [2.24, 2.45) is 0 Å². The number of aliphatic hydroxyl groups is 1. The fourth-order valence-corrected chi connectivity index (χ4v) is 15.5. The monoisotopic (exact) mass is 1560 g/mol. The summed E-state index contributed by atoms with van der Waals surface area (Å²) >= 11 is 0. The third kappa shape index (κ3) is 81.9. The Morgan fingerprint density at radius 2 is 0.374 bits per heavy atom. The molecule has 0 heterocycles. The highest BCUT2D eigenvalue weighted by Crippen LogP contribution is 2.45. The number of hydrogen-bond donors (Lipinski definition) is 3. The summed E-state index contributed by atoms with van der Waals surface area (Å²) in [6, 6.07) is 0. The van der Waals surface area contributed by atoms with Crippen LogP contribution in [0.5, 0.6) is 0 Å². The highest BCUT2D eigenvalue weighted by Gasteiger charge is 2.30. The highest BCUT2D eigenvalue weighted by molar-refractivity contribution is 7.47. The summed E-state index contributed by atoms with van der Waals surface area (Å²) in [6.45, 7) is 5.06. The Morgan fingerprint density at radius 3 is 0.551 bits per heavy atom. The molecular formula is C88H172O17P2. The van der Waals surface area contributed by atoms with Crippen molar-refractivity contribution in [2.75, 3.05) is 39.6 Å². The molecule has 0 aliphatic rings. The van der Waals surface area contributed by atoms with E-state index in [9.17, 15) is 43.2 Å². The van der Waals surface area contributed by atoms with Crippen LogP contribution >= 0.6 is 15.6 Å². The number of ether oxygens (including phenoxy) is 4. The zero-order chi connectivity index (χ0) is 78.1. The summed E-state index contributed by atoms with van der Waals surface area (Å²) in [7, 11) is -9.93. The SMILES string of the molecule is CCCCCCCCCCCCCCCCCCCCCCCCC(=O)O[C@H](COC(=O)CCCCCCCCCCCCCCCCCCCCCCC)COP(=O)(O)OC[C@@H](O)COP(=O)(O)OC[C@@H](COC(=O)CCCCCCCCCCCCCC)OC(=O)CCCCCCCCCCCCCC. The molecule has 107 heavy (non-hydrogen) atoms. The molecule has 2 unspecified atom stereocenters. The van der Waals surface area contributed by atoms with E-state index in [2.05, 4.69) is 27.7 Å². The number of hydrogen-bond acceptors (Lipinski definition) is 15. The van der Waals surface area contributed by atoms with Crippen LogP contribution in [-0.4, -0.2) is 96.7 Å². The first-order valence-corrected chi connectivity index (χ1v) is 48.8. The first kappa shape index (κ1) is 105. The van der Waals surface area contributed by atoms with Gasteiger partial charge in [-0.1, -0.05) is 432 Å². The minimum absolute atomic E-state index is 0.108. The first-order chi connectivity index (χ1) is 52.2. The van der Waals surface area contributed by atoms with Gasteiger partial charge in [0.15, 0.2) is 12.2 Å². The van der Waals surface area contributed by atoms with Gasteiger partial charge in [0.1, 0.15) is 19.3 Å². The second kappa shape index (κ2) is 82.1. The van der Waals surface area contributed by atoms with E-state index in [1.165, 1.54) is 315 Å². The number of aliphatic hydroxyl groups excluding tert-OH is 1. The summed E-state index contributed by atoms with van der Waals surface area (Å²) in [5, 5.41) is 10.7. The molecule has 636 valence electrons. The van der Waals surface area contributed by atoms with Crippen LogP contribution in [0, 0.1) is 0 Å². The molecule has 17 nitrogen and oxygen atoms in total. The molecule has 19 heteroatoms. The fraction of sp³-hybridized carbons (Fsp3) is 0.955. The zero-order valence-corrected chi connectivity index (χ0v) is 71.9. The number of phosphoric ester groups is 2. The van der Waals surface area contributed by atoms with Crippen molar-refractivity contribution in [3.05, 3.63) is 0 Å². The second-order valence-electron chi connectivity index (χ2n) is 31.6. The largest absolute Gasteiger partial charge is 0.472 e. The maximum absolute atomic E-state index is 13.2. The van der Waals surface area contributed by atoms with Crippen LogP contribution in [0.25, 0.3) is 0 Å². The Labute approximate surface area is 658 Å². The van der Waals surface area contributed by atoms with Crippen molar-refractivity contribution < 1.29 is 80.2 Å². The molecule has 0 radical (unpaired) electrons. The van der Waals surface area contributed by atoms with Gasteiger partial charge in [0.05, 0.1) is 26.4 Å². The summed E-state index contributed by atoms with van der Waals surface area (Å²) in [4.78, 5) is 73.2. The highest BCUT2D eigenvalue weighted by atomic mass is 31.2. The molecule has 3 N–H and O–H groups in total. The standard InChI is InChI=1S/C88H172O17P2/c1-5-9-13-17-21-25-29-33-35-37-39-41-43-45-47-49-51-55-59-63-67-71-75-88(93)105-84(79-99-86(91)73-69-65-61-57-54-50-48-46-44-42-40-38-36-34-30-26-22-18-14-10-6-2)81-103-107(96,97)101-77-82(89)76-100-106(94,95)102-80-83(104-87(92)74-70-66-62-58-53-32-28-24-20-16-12-8-4)78-98-85(90)72-68-64-60-56-52-31-27-23-19-15-11-7-3/h82-84,89H,5-81H2,1-4H3,(H,94,95)(H,96,97)/t82-,83+,84+/m0/s1. The van der Waals surface area contributed by atoms with Gasteiger partial charge in [-0.3, -0.25) is 37.3 Å². The molecule has 0 bridgehead atoms. The fourth-order valence-electron chi connectivity index (χ4n) is 13.9. The summed E-state index contributed by atoms with van der Waals surface area (Å²) < 4.78 is 68.9. The number of carbonyl (C=O) groups excluding carboxylic acids is 4. The second-order valence-corrected chi connectivity index (χ2v) is 34.5. The molecule has 5 atom stereocenters. The molecule has 0 aromatic carbocycles. The minimum Gasteiger partial charge on any atom is -0.462 e. The average Bonchev–Trinajstić information content (AvgIpc) is 0.901. The molecule has 0 fully saturated rings. The van der Waals surface area contributed by atoms with Crippen molar-refractivity contribution >= 4 is 39.5 Å².